The number of ether oxygens (including phenoxy) is 1. The van der Waals surface area contributed by atoms with Crippen LogP contribution in [0.15, 0.2) is 41.0 Å². The molecule has 22 heavy (non-hydrogen) atoms. The zero-order chi connectivity index (χ0) is 14.9. The number of carbonyl (C=O) groups is 1. The van der Waals surface area contributed by atoms with Crippen LogP contribution in [0.3, 0.4) is 0 Å². The predicted molar refractivity (Wildman–Crippen MR) is 77.2 cm³/mol. The van der Waals surface area contributed by atoms with Crippen LogP contribution in [0.25, 0.3) is 11.0 Å². The number of nitrogens with one attached hydrogen (secondary N) is 1. The van der Waals surface area contributed by atoms with Gasteiger partial charge in [0.25, 0.3) is 5.91 Å². The van der Waals surface area contributed by atoms with Crippen LogP contribution in [-0.4, -0.2) is 45.9 Å². The number of aromatic nitrogens is 3. The summed E-state index contributed by atoms with van der Waals surface area (Å²) in [4.78, 5) is 14.4. The van der Waals surface area contributed by atoms with E-state index >= 15 is 0 Å². The van der Waals surface area contributed by atoms with E-state index in [0.717, 1.165) is 11.3 Å². The lowest BCUT2D eigenvalue weighted by molar-refractivity contribution is -0.0321. The highest BCUT2D eigenvalue weighted by Crippen LogP contribution is 2.24. The van der Waals surface area contributed by atoms with Crippen LogP contribution in [0.4, 0.5) is 0 Å². The summed E-state index contributed by atoms with van der Waals surface area (Å²) in [6, 6.07) is 8.98. The van der Waals surface area contributed by atoms with E-state index in [2.05, 4.69) is 15.4 Å². The number of furan rings is 1. The van der Waals surface area contributed by atoms with Crippen molar-refractivity contribution in [3.8, 4) is 0 Å². The molecule has 0 bridgehead atoms. The highest BCUT2D eigenvalue weighted by atomic mass is 16.5. The van der Waals surface area contributed by atoms with Crippen LogP contribution in [0, 0.1) is 0 Å². The van der Waals surface area contributed by atoms with E-state index < -0.39 is 0 Å². The van der Waals surface area contributed by atoms with Gasteiger partial charge in [-0.05, 0) is 30.3 Å². The molecule has 1 aromatic carbocycles. The molecule has 1 fully saturated rings. The van der Waals surface area contributed by atoms with Gasteiger partial charge in [0.1, 0.15) is 22.9 Å². The summed E-state index contributed by atoms with van der Waals surface area (Å²) < 4.78 is 11.1. The Bertz CT molecular complexity index is 796. The third-order valence-corrected chi connectivity index (χ3v) is 3.78. The number of fused-ring (bicyclic) bond motifs is 1. The van der Waals surface area contributed by atoms with Gasteiger partial charge in [0, 0.05) is 12.1 Å². The Balaban J connectivity index is 1.56. The van der Waals surface area contributed by atoms with E-state index in [4.69, 9.17) is 9.15 Å². The second-order valence-electron chi connectivity index (χ2n) is 5.15. The van der Waals surface area contributed by atoms with Crippen molar-refractivity contribution in [2.75, 3.05) is 19.7 Å². The molecule has 1 saturated heterocycles. The van der Waals surface area contributed by atoms with Gasteiger partial charge in [0.05, 0.1) is 19.4 Å². The summed E-state index contributed by atoms with van der Waals surface area (Å²) in [6.07, 6.45) is 1.39. The number of rotatable bonds is 2. The molecule has 4 rings (SSSR count). The van der Waals surface area contributed by atoms with Crippen LogP contribution < -0.4 is 0 Å². The Hall–Kier alpha value is -2.67. The number of amides is 1. The van der Waals surface area contributed by atoms with Crippen molar-refractivity contribution in [2.24, 2.45) is 0 Å². The molecule has 0 radical (unpaired) electrons. The average molecular weight is 298 g/mol. The molecule has 7 heteroatoms. The molecular weight excluding hydrogens is 284 g/mol. The smallest absolute Gasteiger partial charge is 0.254 e. The summed E-state index contributed by atoms with van der Waals surface area (Å²) in [7, 11) is 0. The lowest BCUT2D eigenvalue weighted by Crippen LogP contribution is -2.42. The number of hydrogen-bond acceptors (Lipinski definition) is 5. The van der Waals surface area contributed by atoms with Gasteiger partial charge in [-0.2, -0.15) is 15.4 Å². The highest BCUT2D eigenvalue weighted by molar-refractivity contribution is 5.97. The van der Waals surface area contributed by atoms with Crippen LogP contribution >= 0.6 is 0 Å². The van der Waals surface area contributed by atoms with E-state index in [1.807, 2.05) is 12.1 Å². The Morgan fingerprint density at radius 2 is 2.18 bits per heavy atom. The van der Waals surface area contributed by atoms with E-state index in [-0.39, 0.29) is 12.0 Å². The fourth-order valence-corrected chi connectivity index (χ4v) is 2.64. The Morgan fingerprint density at radius 1 is 1.27 bits per heavy atom. The Kier molecular flexibility index (Phi) is 3.12. The van der Waals surface area contributed by atoms with Gasteiger partial charge < -0.3 is 14.1 Å². The summed E-state index contributed by atoms with van der Waals surface area (Å²) in [6.45, 7) is 1.53. The molecule has 7 nitrogen and oxygen atoms in total. The maximum Gasteiger partial charge on any atom is 0.254 e. The zero-order valence-electron chi connectivity index (χ0n) is 11.7. The molecule has 3 heterocycles. The Labute approximate surface area is 125 Å². The normalized spacial score (nSPS) is 18.7. The Morgan fingerprint density at radius 3 is 3.05 bits per heavy atom. The number of carbonyl (C=O) groups excluding carboxylic acids is 1. The minimum atomic E-state index is -0.219. The number of benzene rings is 1. The predicted octanol–water partition coefficient (Wildman–Crippen LogP) is 1.76. The molecule has 1 atom stereocenters. The third kappa shape index (κ3) is 2.25. The summed E-state index contributed by atoms with van der Waals surface area (Å²) >= 11 is 0. The molecule has 0 unspecified atom stereocenters. The minimum Gasteiger partial charge on any atom is -0.467 e. The number of nitrogens with zero attached hydrogens (tertiary/aromatic N) is 3. The van der Waals surface area contributed by atoms with Crippen molar-refractivity contribution in [1.29, 1.82) is 0 Å². The van der Waals surface area contributed by atoms with E-state index in [1.54, 1.807) is 29.4 Å². The van der Waals surface area contributed by atoms with Gasteiger partial charge in [0.2, 0.25) is 0 Å². The molecular formula is C15H14N4O3. The molecule has 1 N–H and O–H groups in total. The number of morpholine rings is 1. The zero-order valence-corrected chi connectivity index (χ0v) is 11.7. The maximum absolute atomic E-state index is 12.7. The fraction of sp³-hybridized carbons (Fsp3) is 0.267. The highest BCUT2D eigenvalue weighted by Gasteiger charge is 2.27. The molecule has 0 saturated carbocycles. The largest absolute Gasteiger partial charge is 0.467 e. The third-order valence-electron chi connectivity index (χ3n) is 3.78. The second kappa shape index (κ2) is 5.27. The van der Waals surface area contributed by atoms with E-state index in [0.29, 0.717) is 30.8 Å². The molecule has 1 aliphatic rings. The quantitative estimate of drug-likeness (QED) is 0.779. The van der Waals surface area contributed by atoms with Crippen molar-refractivity contribution >= 4 is 16.9 Å². The van der Waals surface area contributed by atoms with Gasteiger partial charge in [-0.15, -0.1) is 0 Å². The molecule has 0 aliphatic carbocycles. The van der Waals surface area contributed by atoms with Gasteiger partial charge in [-0.1, -0.05) is 0 Å². The van der Waals surface area contributed by atoms with Crippen molar-refractivity contribution in [3.05, 3.63) is 47.9 Å². The maximum atomic E-state index is 12.7. The summed E-state index contributed by atoms with van der Waals surface area (Å²) in [5.74, 6) is 0.703. The molecule has 0 spiro atoms. The molecule has 1 aliphatic heterocycles. The standard InChI is InChI=1S/C15H14N4O3/c20-15(10-3-4-11-12(8-10)17-18-16-11)19-5-7-22-14(9-19)13-2-1-6-21-13/h1-4,6,8,14H,5,7,9H2,(H,16,17,18)/t14-/m1/s1. The number of H-pyrrole nitrogens is 1. The second-order valence-corrected chi connectivity index (χ2v) is 5.15. The average Bonchev–Trinajstić information content (AvgIpc) is 3.25. The van der Waals surface area contributed by atoms with Crippen LogP contribution in [-0.2, 0) is 4.74 Å². The first-order chi connectivity index (χ1) is 10.8. The van der Waals surface area contributed by atoms with Crippen molar-refractivity contribution in [3.63, 3.8) is 0 Å². The van der Waals surface area contributed by atoms with Gasteiger partial charge in [-0.3, -0.25) is 4.79 Å². The van der Waals surface area contributed by atoms with Crippen LogP contribution in [0.5, 0.6) is 0 Å². The fourth-order valence-electron chi connectivity index (χ4n) is 2.64. The minimum absolute atomic E-state index is 0.0373. The van der Waals surface area contributed by atoms with Crippen molar-refractivity contribution in [2.45, 2.75) is 6.10 Å². The van der Waals surface area contributed by atoms with E-state index in [9.17, 15) is 4.79 Å². The number of hydrogen-bond donors (Lipinski definition) is 1. The van der Waals surface area contributed by atoms with Gasteiger partial charge >= 0.3 is 0 Å². The van der Waals surface area contributed by atoms with Gasteiger partial charge in [-0.25, -0.2) is 0 Å². The van der Waals surface area contributed by atoms with Gasteiger partial charge in [0.15, 0.2) is 0 Å². The summed E-state index contributed by atoms with van der Waals surface area (Å²) in [5.41, 5.74) is 2.02. The SMILES string of the molecule is O=C(c1ccc2n[nH]nc2c1)N1CCO[C@@H](c2ccco2)C1. The monoisotopic (exact) mass is 298 g/mol. The molecule has 112 valence electrons. The van der Waals surface area contributed by atoms with E-state index in [1.165, 1.54) is 0 Å². The lowest BCUT2D eigenvalue weighted by Gasteiger charge is -2.32. The van der Waals surface area contributed by atoms with Crippen LogP contribution in [0.1, 0.15) is 22.2 Å². The number of aromatic amines is 1. The molecule has 1 amide bonds. The van der Waals surface area contributed by atoms with Crippen LogP contribution in [0.2, 0.25) is 0 Å². The first-order valence-electron chi connectivity index (χ1n) is 7.06. The molecule has 3 aromatic rings. The van der Waals surface area contributed by atoms with Crippen molar-refractivity contribution in [1.82, 2.24) is 20.3 Å². The van der Waals surface area contributed by atoms with Crippen molar-refractivity contribution < 1.29 is 13.9 Å². The topological polar surface area (TPSA) is 84.2 Å². The summed E-state index contributed by atoms with van der Waals surface area (Å²) in [5, 5.41) is 10.6. The molecule has 2 aromatic heterocycles. The lowest BCUT2D eigenvalue weighted by atomic mass is 10.1. The first-order valence-corrected chi connectivity index (χ1v) is 7.06. The first kappa shape index (κ1) is 13.0.